The number of nitrogens with one attached hydrogen (secondary N) is 1. The zero-order chi connectivity index (χ0) is 14.5. The number of carbonyl (C=O) groups is 1. The minimum atomic E-state index is -0.301. The fourth-order valence-corrected chi connectivity index (χ4v) is 2.33. The minimum Gasteiger partial charge on any atom is -0.399 e. The predicted molar refractivity (Wildman–Crippen MR) is 86.0 cm³/mol. The Kier molecular flexibility index (Phi) is 4.86. The normalized spacial score (nSPS) is 10.7. The summed E-state index contributed by atoms with van der Waals surface area (Å²) >= 11 is 6.41. The summed E-state index contributed by atoms with van der Waals surface area (Å²) in [6.07, 6.45) is 4.58. The quantitative estimate of drug-likeness (QED) is 0.615. The van der Waals surface area contributed by atoms with E-state index in [1.54, 1.807) is 18.2 Å². The number of amides is 1. The van der Waals surface area contributed by atoms with Gasteiger partial charge in [0.2, 0.25) is 5.91 Å². The zero-order valence-electron chi connectivity index (χ0n) is 10.2. The van der Waals surface area contributed by atoms with Crippen molar-refractivity contribution in [1.82, 2.24) is 9.97 Å². The lowest BCUT2D eigenvalue weighted by atomic mass is 10.2. The second-order valence-corrected chi connectivity index (χ2v) is 5.39. The molecular weight excluding hydrogens is 388 g/mol. The van der Waals surface area contributed by atoms with Gasteiger partial charge in [-0.05, 0) is 55.6 Å². The number of rotatable bonds is 3. The Balaban J connectivity index is 2.05. The first-order valence-electron chi connectivity index (χ1n) is 5.57. The lowest BCUT2D eigenvalue weighted by molar-refractivity contribution is -0.111. The molecule has 0 aliphatic carbocycles. The van der Waals surface area contributed by atoms with Crippen LogP contribution in [0.3, 0.4) is 0 Å². The number of anilines is 2. The highest BCUT2D eigenvalue weighted by Gasteiger charge is 2.06. The molecule has 0 radical (unpaired) electrons. The fraction of sp³-hybridized carbons (Fsp3) is 0. The van der Waals surface area contributed by atoms with E-state index in [1.807, 2.05) is 12.1 Å². The number of hydrogen-bond donors (Lipinski definition) is 2. The molecule has 0 unspecified atom stereocenters. The molecular formula is C13H10Br2N4O. The third-order valence-corrected chi connectivity index (χ3v) is 3.21. The van der Waals surface area contributed by atoms with E-state index in [0.717, 1.165) is 5.56 Å². The van der Waals surface area contributed by atoms with Crippen molar-refractivity contribution in [3.63, 3.8) is 0 Å². The molecule has 0 aliphatic heterocycles. The molecule has 0 bridgehead atoms. The van der Waals surface area contributed by atoms with Crippen molar-refractivity contribution < 1.29 is 4.79 Å². The molecule has 1 heterocycles. The Bertz CT molecular complexity index is 673. The second-order valence-electron chi connectivity index (χ2n) is 3.82. The number of nitrogen functional groups attached to an aromatic ring is 1. The van der Waals surface area contributed by atoms with E-state index in [9.17, 15) is 4.79 Å². The molecule has 0 spiro atoms. The van der Waals surface area contributed by atoms with Crippen molar-refractivity contribution in [2.75, 3.05) is 11.1 Å². The molecule has 2 aromatic rings. The van der Waals surface area contributed by atoms with Crippen molar-refractivity contribution in [3.8, 4) is 0 Å². The Labute approximate surface area is 132 Å². The van der Waals surface area contributed by atoms with Crippen molar-refractivity contribution in [2.24, 2.45) is 0 Å². The van der Waals surface area contributed by atoms with Crippen LogP contribution in [0.2, 0.25) is 0 Å². The predicted octanol–water partition coefficient (Wildman–Crippen LogP) is 3.24. The molecule has 20 heavy (non-hydrogen) atoms. The molecule has 0 aliphatic rings. The van der Waals surface area contributed by atoms with Crippen LogP contribution >= 0.6 is 31.9 Å². The van der Waals surface area contributed by atoms with Gasteiger partial charge in [-0.25, -0.2) is 9.97 Å². The van der Waals surface area contributed by atoms with E-state index in [0.29, 0.717) is 20.7 Å². The zero-order valence-corrected chi connectivity index (χ0v) is 13.3. The maximum atomic E-state index is 11.8. The first kappa shape index (κ1) is 14.7. The highest BCUT2D eigenvalue weighted by molar-refractivity contribution is 9.11. The molecule has 1 aromatic carbocycles. The minimum absolute atomic E-state index is 0.301. The van der Waals surface area contributed by atoms with Gasteiger partial charge in [-0.1, -0.05) is 12.1 Å². The van der Waals surface area contributed by atoms with Gasteiger partial charge in [-0.3, -0.25) is 4.79 Å². The van der Waals surface area contributed by atoms with E-state index < -0.39 is 0 Å². The largest absolute Gasteiger partial charge is 0.399 e. The molecule has 0 saturated carbocycles. The van der Waals surface area contributed by atoms with Crippen molar-refractivity contribution in [2.45, 2.75) is 0 Å². The highest BCUT2D eigenvalue weighted by atomic mass is 79.9. The summed E-state index contributed by atoms with van der Waals surface area (Å²) in [5.41, 5.74) is 7.15. The topological polar surface area (TPSA) is 80.9 Å². The lowest BCUT2D eigenvalue weighted by Crippen LogP contribution is -2.10. The molecule has 3 N–H and O–H groups in total. The van der Waals surface area contributed by atoms with E-state index in [-0.39, 0.29) is 5.91 Å². The molecule has 0 atom stereocenters. The standard InChI is InChI=1S/C13H10Br2N4O/c14-10-7-17-13(12(15)18-10)19-11(20)5-4-8-2-1-3-9(16)6-8/h1-7H,16H2,(H,17,19,20)/b5-4+. The van der Waals surface area contributed by atoms with Gasteiger partial charge in [-0.2, -0.15) is 0 Å². The van der Waals surface area contributed by atoms with Gasteiger partial charge < -0.3 is 11.1 Å². The Hall–Kier alpha value is -1.73. The first-order valence-corrected chi connectivity index (χ1v) is 7.16. The van der Waals surface area contributed by atoms with Crippen LogP contribution in [0.4, 0.5) is 11.5 Å². The SMILES string of the molecule is Nc1cccc(/C=C/C(=O)Nc2ncc(Br)nc2Br)c1. The van der Waals surface area contributed by atoms with Crippen LogP contribution in [0.1, 0.15) is 5.56 Å². The number of aromatic nitrogens is 2. The van der Waals surface area contributed by atoms with Gasteiger partial charge >= 0.3 is 0 Å². The van der Waals surface area contributed by atoms with Crippen molar-refractivity contribution in [3.05, 3.63) is 51.3 Å². The average Bonchev–Trinajstić information content (AvgIpc) is 2.40. The number of hydrogen-bond acceptors (Lipinski definition) is 4. The number of carbonyl (C=O) groups excluding carboxylic acids is 1. The third kappa shape index (κ3) is 4.14. The van der Waals surface area contributed by atoms with Gasteiger partial charge in [0, 0.05) is 11.8 Å². The molecule has 1 aromatic heterocycles. The smallest absolute Gasteiger partial charge is 0.249 e. The number of nitrogens with zero attached hydrogens (tertiary/aromatic N) is 2. The van der Waals surface area contributed by atoms with E-state index in [1.165, 1.54) is 12.3 Å². The van der Waals surface area contributed by atoms with Crippen LogP contribution in [0.25, 0.3) is 6.08 Å². The van der Waals surface area contributed by atoms with Crippen LogP contribution < -0.4 is 11.1 Å². The monoisotopic (exact) mass is 396 g/mol. The van der Waals surface area contributed by atoms with Gasteiger partial charge in [0.1, 0.15) is 9.21 Å². The van der Waals surface area contributed by atoms with Crippen LogP contribution in [0, 0.1) is 0 Å². The van der Waals surface area contributed by atoms with Gasteiger partial charge in [0.25, 0.3) is 0 Å². The Morgan fingerprint density at radius 2 is 2.15 bits per heavy atom. The maximum Gasteiger partial charge on any atom is 0.249 e. The van der Waals surface area contributed by atoms with E-state index >= 15 is 0 Å². The molecule has 2 rings (SSSR count). The molecule has 102 valence electrons. The Morgan fingerprint density at radius 1 is 1.35 bits per heavy atom. The summed E-state index contributed by atoms with van der Waals surface area (Å²) in [5, 5.41) is 2.62. The number of nitrogens with two attached hydrogens (primary N) is 1. The van der Waals surface area contributed by atoms with Crippen molar-refractivity contribution >= 4 is 55.3 Å². The summed E-state index contributed by atoms with van der Waals surface area (Å²) in [5.74, 6) is 0.0557. The first-order chi connectivity index (χ1) is 9.54. The van der Waals surface area contributed by atoms with Gasteiger partial charge in [0.05, 0.1) is 6.20 Å². The summed E-state index contributed by atoms with van der Waals surface area (Å²) in [6.45, 7) is 0. The van der Waals surface area contributed by atoms with E-state index in [2.05, 4.69) is 47.1 Å². The average molecular weight is 398 g/mol. The molecule has 0 saturated heterocycles. The van der Waals surface area contributed by atoms with E-state index in [4.69, 9.17) is 5.73 Å². The fourth-order valence-electron chi connectivity index (χ4n) is 1.42. The van der Waals surface area contributed by atoms with Crippen LogP contribution in [-0.2, 0) is 4.79 Å². The van der Waals surface area contributed by atoms with Crippen LogP contribution in [0.15, 0.2) is 45.7 Å². The van der Waals surface area contributed by atoms with Crippen LogP contribution in [-0.4, -0.2) is 15.9 Å². The molecule has 1 amide bonds. The molecule has 5 nitrogen and oxygen atoms in total. The molecule has 7 heteroatoms. The number of halogens is 2. The van der Waals surface area contributed by atoms with Gasteiger partial charge in [-0.15, -0.1) is 0 Å². The third-order valence-electron chi connectivity index (χ3n) is 2.28. The highest BCUT2D eigenvalue weighted by Crippen LogP contribution is 2.19. The maximum absolute atomic E-state index is 11.8. The summed E-state index contributed by atoms with van der Waals surface area (Å²) in [4.78, 5) is 19.9. The second kappa shape index (κ2) is 6.62. The van der Waals surface area contributed by atoms with Crippen molar-refractivity contribution in [1.29, 1.82) is 0 Å². The Morgan fingerprint density at radius 3 is 2.85 bits per heavy atom. The molecule has 0 fully saturated rings. The van der Waals surface area contributed by atoms with Crippen LogP contribution in [0.5, 0.6) is 0 Å². The number of benzene rings is 1. The summed E-state index contributed by atoms with van der Waals surface area (Å²) in [6, 6.07) is 7.24. The summed E-state index contributed by atoms with van der Waals surface area (Å²) < 4.78 is 1.04. The lowest BCUT2D eigenvalue weighted by Gasteiger charge is -2.03. The van der Waals surface area contributed by atoms with Gasteiger partial charge in [0.15, 0.2) is 5.82 Å². The summed E-state index contributed by atoms with van der Waals surface area (Å²) in [7, 11) is 0.